The quantitative estimate of drug-likeness (QED) is 0.713. The fourth-order valence-electron chi connectivity index (χ4n) is 2.10. The summed E-state index contributed by atoms with van der Waals surface area (Å²) >= 11 is 7.48. The Morgan fingerprint density at radius 2 is 2.00 bits per heavy atom. The first-order chi connectivity index (χ1) is 11.5. The molecule has 1 aromatic heterocycles. The average molecular weight is 365 g/mol. The Hall–Kier alpha value is -2.31. The van der Waals surface area contributed by atoms with E-state index in [1.807, 2.05) is 18.2 Å². The van der Waals surface area contributed by atoms with Crippen molar-refractivity contribution in [3.05, 3.63) is 70.2 Å². The van der Waals surface area contributed by atoms with Crippen LogP contribution >= 0.6 is 22.9 Å². The number of amides is 1. The molecule has 122 valence electrons. The lowest BCUT2D eigenvalue weighted by Gasteiger charge is -2.05. The first-order valence-corrected chi connectivity index (χ1v) is 8.23. The molecule has 24 heavy (non-hydrogen) atoms. The molecule has 3 nitrogen and oxygen atoms in total. The van der Waals surface area contributed by atoms with Crippen molar-refractivity contribution in [1.82, 2.24) is 4.98 Å². The highest BCUT2D eigenvalue weighted by molar-refractivity contribution is 7.13. The third-order valence-corrected chi connectivity index (χ3v) is 4.45. The van der Waals surface area contributed by atoms with Crippen molar-refractivity contribution >= 4 is 34.5 Å². The van der Waals surface area contributed by atoms with Gasteiger partial charge in [-0.3, -0.25) is 4.79 Å². The van der Waals surface area contributed by atoms with Crippen LogP contribution in [0.5, 0.6) is 0 Å². The molecular weight excluding hydrogens is 354 g/mol. The number of carbonyl (C=O) groups is 1. The van der Waals surface area contributed by atoms with Crippen molar-refractivity contribution < 1.29 is 13.6 Å². The number of thiazole rings is 1. The molecule has 3 rings (SSSR count). The van der Waals surface area contributed by atoms with Gasteiger partial charge < -0.3 is 5.32 Å². The Kier molecular flexibility index (Phi) is 4.87. The van der Waals surface area contributed by atoms with Crippen LogP contribution in [-0.2, 0) is 11.2 Å². The molecule has 0 aliphatic heterocycles. The van der Waals surface area contributed by atoms with Crippen molar-refractivity contribution in [2.45, 2.75) is 6.42 Å². The van der Waals surface area contributed by atoms with E-state index < -0.39 is 17.5 Å². The Morgan fingerprint density at radius 3 is 2.79 bits per heavy atom. The maximum absolute atomic E-state index is 13.5. The zero-order valence-electron chi connectivity index (χ0n) is 12.2. The van der Waals surface area contributed by atoms with E-state index in [0.29, 0.717) is 15.7 Å². The lowest BCUT2D eigenvalue weighted by Crippen LogP contribution is -2.15. The Labute approximate surface area is 145 Å². The Bertz CT molecular complexity index is 898. The highest BCUT2D eigenvalue weighted by Gasteiger charge is 2.13. The highest BCUT2D eigenvalue weighted by Crippen LogP contribution is 2.30. The fourth-order valence-corrected chi connectivity index (χ4v) is 3.24. The SMILES string of the molecule is O=C(Cc1csc(-c2ccccc2Cl)n1)Nc1cc(F)ccc1F. The number of hydrogen-bond donors (Lipinski definition) is 1. The van der Waals surface area contributed by atoms with Crippen molar-refractivity contribution in [3.8, 4) is 10.6 Å². The van der Waals surface area contributed by atoms with E-state index in [1.54, 1.807) is 11.4 Å². The fraction of sp³-hybridized carbons (Fsp3) is 0.0588. The average Bonchev–Trinajstić information content (AvgIpc) is 2.99. The van der Waals surface area contributed by atoms with E-state index in [9.17, 15) is 13.6 Å². The van der Waals surface area contributed by atoms with E-state index in [2.05, 4.69) is 10.3 Å². The Morgan fingerprint density at radius 1 is 1.21 bits per heavy atom. The van der Waals surface area contributed by atoms with Crippen molar-refractivity contribution in [2.24, 2.45) is 0 Å². The summed E-state index contributed by atoms with van der Waals surface area (Å²) in [5.74, 6) is -1.79. The second-order valence-electron chi connectivity index (χ2n) is 4.97. The summed E-state index contributed by atoms with van der Waals surface area (Å²) in [7, 11) is 0. The number of nitrogens with zero attached hydrogens (tertiary/aromatic N) is 1. The lowest BCUT2D eigenvalue weighted by atomic mass is 10.2. The number of nitrogens with one attached hydrogen (secondary N) is 1. The molecule has 0 aliphatic carbocycles. The minimum Gasteiger partial charge on any atom is -0.323 e. The van der Waals surface area contributed by atoms with Gasteiger partial charge in [-0.25, -0.2) is 13.8 Å². The molecule has 2 aromatic carbocycles. The molecule has 0 atom stereocenters. The number of aromatic nitrogens is 1. The normalized spacial score (nSPS) is 10.6. The molecule has 0 fully saturated rings. The highest BCUT2D eigenvalue weighted by atomic mass is 35.5. The smallest absolute Gasteiger partial charge is 0.230 e. The number of anilines is 1. The molecule has 1 amide bonds. The van der Waals surface area contributed by atoms with E-state index in [4.69, 9.17) is 11.6 Å². The molecule has 3 aromatic rings. The monoisotopic (exact) mass is 364 g/mol. The van der Waals surface area contributed by atoms with Gasteiger partial charge in [-0.15, -0.1) is 11.3 Å². The predicted molar refractivity (Wildman–Crippen MR) is 91.3 cm³/mol. The second-order valence-corrected chi connectivity index (χ2v) is 6.24. The minimum absolute atomic E-state index is 0.0447. The van der Waals surface area contributed by atoms with Crippen LogP contribution in [0.15, 0.2) is 47.8 Å². The van der Waals surface area contributed by atoms with Crippen LogP contribution in [0.1, 0.15) is 5.69 Å². The first-order valence-electron chi connectivity index (χ1n) is 6.97. The van der Waals surface area contributed by atoms with Gasteiger partial charge in [0.15, 0.2) is 0 Å². The van der Waals surface area contributed by atoms with Gasteiger partial charge in [-0.2, -0.15) is 0 Å². The van der Waals surface area contributed by atoms with Crippen LogP contribution in [0, 0.1) is 11.6 Å². The van der Waals surface area contributed by atoms with Crippen molar-refractivity contribution in [1.29, 1.82) is 0 Å². The summed E-state index contributed by atoms with van der Waals surface area (Å²) in [6.45, 7) is 0. The van der Waals surface area contributed by atoms with Crippen LogP contribution < -0.4 is 5.32 Å². The van der Waals surface area contributed by atoms with E-state index in [0.717, 1.165) is 23.8 Å². The molecule has 7 heteroatoms. The predicted octanol–water partition coefficient (Wildman–Crippen LogP) is 4.92. The maximum atomic E-state index is 13.5. The molecule has 0 spiro atoms. The number of halogens is 3. The molecule has 0 radical (unpaired) electrons. The zero-order chi connectivity index (χ0) is 17.1. The van der Waals surface area contributed by atoms with Crippen LogP contribution in [0.2, 0.25) is 5.02 Å². The number of carbonyl (C=O) groups excluding carboxylic acids is 1. The van der Waals surface area contributed by atoms with E-state index in [1.165, 1.54) is 11.3 Å². The zero-order valence-corrected chi connectivity index (χ0v) is 13.8. The standard InChI is InChI=1S/C17H11ClF2N2OS/c18-13-4-2-1-3-12(13)17-21-11(9-24-17)8-16(23)22-15-7-10(19)5-6-14(15)20/h1-7,9H,8H2,(H,22,23). The second kappa shape index (κ2) is 7.07. The van der Waals surface area contributed by atoms with Gasteiger partial charge in [0.1, 0.15) is 16.6 Å². The van der Waals surface area contributed by atoms with Gasteiger partial charge in [0, 0.05) is 17.0 Å². The topological polar surface area (TPSA) is 42.0 Å². The summed E-state index contributed by atoms with van der Waals surface area (Å²) in [5, 5.41) is 5.35. The summed E-state index contributed by atoms with van der Waals surface area (Å²) in [5.41, 5.74) is 1.12. The number of benzene rings is 2. The summed E-state index contributed by atoms with van der Waals surface area (Å²) in [4.78, 5) is 16.4. The molecule has 1 N–H and O–H groups in total. The maximum Gasteiger partial charge on any atom is 0.230 e. The third kappa shape index (κ3) is 3.77. The molecule has 0 unspecified atom stereocenters. The molecule has 0 bridgehead atoms. The van der Waals surface area contributed by atoms with Gasteiger partial charge in [-0.05, 0) is 18.2 Å². The lowest BCUT2D eigenvalue weighted by molar-refractivity contribution is -0.115. The third-order valence-electron chi connectivity index (χ3n) is 3.20. The van der Waals surface area contributed by atoms with Gasteiger partial charge in [0.25, 0.3) is 0 Å². The largest absolute Gasteiger partial charge is 0.323 e. The molecule has 0 saturated carbocycles. The first kappa shape index (κ1) is 16.5. The number of hydrogen-bond acceptors (Lipinski definition) is 3. The Balaban J connectivity index is 1.72. The molecule has 0 aliphatic rings. The summed E-state index contributed by atoms with van der Waals surface area (Å²) in [6.07, 6.45) is -0.0447. The molecular formula is C17H11ClF2N2OS. The van der Waals surface area contributed by atoms with Crippen molar-refractivity contribution in [2.75, 3.05) is 5.32 Å². The van der Waals surface area contributed by atoms with Crippen LogP contribution in [-0.4, -0.2) is 10.9 Å². The van der Waals surface area contributed by atoms with Gasteiger partial charge >= 0.3 is 0 Å². The van der Waals surface area contributed by atoms with E-state index in [-0.39, 0.29) is 12.1 Å². The van der Waals surface area contributed by atoms with E-state index >= 15 is 0 Å². The van der Waals surface area contributed by atoms with Crippen LogP contribution in [0.4, 0.5) is 14.5 Å². The summed E-state index contributed by atoms with van der Waals surface area (Å²) in [6, 6.07) is 10.2. The summed E-state index contributed by atoms with van der Waals surface area (Å²) < 4.78 is 26.6. The van der Waals surface area contributed by atoms with Crippen LogP contribution in [0.3, 0.4) is 0 Å². The molecule has 1 heterocycles. The minimum atomic E-state index is -0.695. The molecule has 0 saturated heterocycles. The van der Waals surface area contributed by atoms with Crippen molar-refractivity contribution in [3.63, 3.8) is 0 Å². The van der Waals surface area contributed by atoms with Gasteiger partial charge in [-0.1, -0.05) is 29.8 Å². The number of rotatable bonds is 4. The van der Waals surface area contributed by atoms with Gasteiger partial charge in [0.2, 0.25) is 5.91 Å². The van der Waals surface area contributed by atoms with Crippen LogP contribution in [0.25, 0.3) is 10.6 Å². The van der Waals surface area contributed by atoms with Gasteiger partial charge in [0.05, 0.1) is 22.8 Å².